The molecular weight excluding hydrogens is 319 g/mol. The number of halogens is 2. The fourth-order valence-electron chi connectivity index (χ4n) is 2.46. The monoisotopic (exact) mass is 338 g/mol. The molecule has 1 aliphatic rings. The lowest BCUT2D eigenvalue weighted by Gasteiger charge is -2.31. The second-order valence-corrected chi connectivity index (χ2v) is 7.26. The summed E-state index contributed by atoms with van der Waals surface area (Å²) in [6.45, 7) is 2.05. The molecule has 0 bridgehead atoms. The van der Waals surface area contributed by atoms with Gasteiger partial charge in [0.15, 0.2) is 0 Å². The number of rotatable bonds is 4. The van der Waals surface area contributed by atoms with Crippen LogP contribution in [0, 0.1) is 5.92 Å². The average Bonchev–Trinajstić information content (AvgIpc) is 2.40. The van der Waals surface area contributed by atoms with Crippen molar-refractivity contribution in [1.29, 1.82) is 0 Å². The van der Waals surface area contributed by atoms with E-state index in [4.69, 9.17) is 11.6 Å². The van der Waals surface area contributed by atoms with E-state index in [9.17, 15) is 8.42 Å². The molecule has 1 saturated heterocycles. The Morgan fingerprint density at radius 1 is 1.35 bits per heavy atom. The summed E-state index contributed by atoms with van der Waals surface area (Å²) in [4.78, 5) is 0.321. The molecule has 0 amide bonds. The minimum absolute atomic E-state index is 0. The number of sulfonamides is 1. The maximum absolute atomic E-state index is 12.5. The van der Waals surface area contributed by atoms with E-state index >= 15 is 0 Å². The highest BCUT2D eigenvalue weighted by Crippen LogP contribution is 2.24. The minimum atomic E-state index is -3.38. The molecule has 0 aromatic heterocycles. The smallest absolute Gasteiger partial charge is 0.243 e. The van der Waals surface area contributed by atoms with Crippen LogP contribution in [-0.2, 0) is 10.0 Å². The Hall–Kier alpha value is -0.330. The van der Waals surface area contributed by atoms with Gasteiger partial charge >= 0.3 is 0 Å². The van der Waals surface area contributed by atoms with Crippen molar-refractivity contribution >= 4 is 34.0 Å². The van der Waals surface area contributed by atoms with Crippen molar-refractivity contribution in [2.75, 3.05) is 26.7 Å². The first-order valence-corrected chi connectivity index (χ1v) is 8.26. The molecule has 1 aliphatic heterocycles. The van der Waals surface area contributed by atoms with E-state index in [0.717, 1.165) is 19.4 Å². The van der Waals surface area contributed by atoms with Gasteiger partial charge in [0.05, 0.1) is 4.90 Å². The van der Waals surface area contributed by atoms with Crippen LogP contribution in [0.25, 0.3) is 0 Å². The van der Waals surface area contributed by atoms with Crippen molar-refractivity contribution in [3.05, 3.63) is 29.3 Å². The summed E-state index contributed by atoms with van der Waals surface area (Å²) in [5.41, 5.74) is 0. The van der Waals surface area contributed by atoms with Gasteiger partial charge in [-0.2, -0.15) is 4.31 Å². The Labute approximate surface area is 132 Å². The molecule has 1 unspecified atom stereocenters. The van der Waals surface area contributed by atoms with E-state index in [2.05, 4.69) is 5.32 Å². The van der Waals surface area contributed by atoms with Crippen molar-refractivity contribution in [2.45, 2.75) is 17.7 Å². The Kier molecular flexibility index (Phi) is 6.75. The van der Waals surface area contributed by atoms with Crippen molar-refractivity contribution in [1.82, 2.24) is 9.62 Å². The van der Waals surface area contributed by atoms with Gasteiger partial charge in [0.2, 0.25) is 10.0 Å². The van der Waals surface area contributed by atoms with Crippen LogP contribution in [-0.4, -0.2) is 39.4 Å². The van der Waals surface area contributed by atoms with Gasteiger partial charge in [-0.1, -0.05) is 11.6 Å². The Balaban J connectivity index is 0.00000200. The Morgan fingerprint density at radius 2 is 2.00 bits per heavy atom. The van der Waals surface area contributed by atoms with Gasteiger partial charge in [-0.15, -0.1) is 12.4 Å². The zero-order chi connectivity index (χ0) is 13.9. The Bertz CT molecular complexity index is 518. The maximum atomic E-state index is 12.5. The van der Waals surface area contributed by atoms with Crippen LogP contribution in [0.3, 0.4) is 0 Å². The first kappa shape index (κ1) is 17.7. The number of hydrogen-bond donors (Lipinski definition) is 1. The number of piperidine rings is 1. The molecule has 4 nitrogen and oxygen atoms in total. The van der Waals surface area contributed by atoms with Crippen LogP contribution < -0.4 is 5.32 Å². The number of nitrogens with zero attached hydrogens (tertiary/aromatic N) is 1. The third kappa shape index (κ3) is 4.09. The van der Waals surface area contributed by atoms with Gasteiger partial charge in [0.1, 0.15) is 0 Å². The van der Waals surface area contributed by atoms with Gasteiger partial charge in [-0.3, -0.25) is 0 Å². The molecule has 0 radical (unpaired) electrons. The third-order valence-electron chi connectivity index (χ3n) is 3.43. The second-order valence-electron chi connectivity index (χ2n) is 4.88. The molecule has 1 N–H and O–H groups in total. The Morgan fingerprint density at radius 3 is 2.60 bits per heavy atom. The normalized spacial score (nSPS) is 20.4. The molecule has 2 rings (SSSR count). The van der Waals surface area contributed by atoms with Gasteiger partial charge in [0, 0.05) is 18.1 Å². The van der Waals surface area contributed by atoms with Crippen molar-refractivity contribution in [3.8, 4) is 0 Å². The minimum Gasteiger partial charge on any atom is -0.319 e. The van der Waals surface area contributed by atoms with Gasteiger partial charge in [0.25, 0.3) is 0 Å². The predicted molar refractivity (Wildman–Crippen MR) is 84.1 cm³/mol. The van der Waals surface area contributed by atoms with Crippen LogP contribution in [0.4, 0.5) is 0 Å². The van der Waals surface area contributed by atoms with E-state index < -0.39 is 10.0 Å². The number of hydrogen-bond acceptors (Lipinski definition) is 3. The van der Waals surface area contributed by atoms with E-state index in [1.807, 2.05) is 7.05 Å². The number of nitrogens with one attached hydrogen (secondary N) is 1. The lowest BCUT2D eigenvalue weighted by atomic mass is 10.00. The summed E-state index contributed by atoms with van der Waals surface area (Å²) >= 11 is 5.80. The maximum Gasteiger partial charge on any atom is 0.243 e. The van der Waals surface area contributed by atoms with Crippen molar-refractivity contribution < 1.29 is 8.42 Å². The molecule has 1 fully saturated rings. The van der Waals surface area contributed by atoms with Gasteiger partial charge in [-0.25, -0.2) is 8.42 Å². The van der Waals surface area contributed by atoms with Crippen LogP contribution in [0.2, 0.25) is 5.02 Å². The molecule has 0 spiro atoms. The lowest BCUT2D eigenvalue weighted by Crippen LogP contribution is -2.42. The summed E-state index contributed by atoms with van der Waals surface area (Å²) in [5, 5.41) is 3.66. The number of benzene rings is 1. The zero-order valence-electron chi connectivity index (χ0n) is 11.4. The van der Waals surface area contributed by atoms with E-state index in [1.54, 1.807) is 28.6 Å². The highest BCUT2D eigenvalue weighted by Gasteiger charge is 2.29. The third-order valence-corrected chi connectivity index (χ3v) is 5.56. The molecule has 0 aliphatic carbocycles. The molecule has 20 heavy (non-hydrogen) atoms. The predicted octanol–water partition coefficient (Wildman–Crippen LogP) is 2.38. The summed E-state index contributed by atoms with van der Waals surface area (Å²) in [6.07, 6.45) is 1.99. The first-order valence-electron chi connectivity index (χ1n) is 6.44. The SMILES string of the molecule is CNCC1CCCN(S(=O)(=O)c2ccc(Cl)cc2)C1.Cl. The molecule has 1 heterocycles. The zero-order valence-corrected chi connectivity index (χ0v) is 13.8. The van der Waals surface area contributed by atoms with Crippen molar-refractivity contribution in [2.24, 2.45) is 5.92 Å². The topological polar surface area (TPSA) is 49.4 Å². The summed E-state index contributed by atoms with van der Waals surface area (Å²) in [7, 11) is -1.49. The molecule has 7 heteroatoms. The molecule has 1 atom stereocenters. The fraction of sp³-hybridized carbons (Fsp3) is 0.538. The standard InChI is InChI=1S/C13H19ClN2O2S.ClH/c1-15-9-11-3-2-8-16(10-11)19(17,18)13-6-4-12(14)5-7-13;/h4-7,11,15H,2-3,8-10H2,1H3;1H. The summed E-state index contributed by atoms with van der Waals surface area (Å²) in [5.74, 6) is 0.390. The lowest BCUT2D eigenvalue weighted by molar-refractivity contribution is 0.263. The fourth-order valence-corrected chi connectivity index (χ4v) is 4.14. The first-order chi connectivity index (χ1) is 9.04. The summed E-state index contributed by atoms with van der Waals surface area (Å²) < 4.78 is 26.6. The van der Waals surface area contributed by atoms with E-state index in [1.165, 1.54) is 0 Å². The van der Waals surface area contributed by atoms with Crippen LogP contribution in [0.1, 0.15) is 12.8 Å². The van der Waals surface area contributed by atoms with Crippen LogP contribution >= 0.6 is 24.0 Å². The van der Waals surface area contributed by atoms with E-state index in [0.29, 0.717) is 28.9 Å². The molecule has 114 valence electrons. The van der Waals surface area contributed by atoms with Crippen molar-refractivity contribution in [3.63, 3.8) is 0 Å². The van der Waals surface area contributed by atoms with Crippen LogP contribution in [0.15, 0.2) is 29.2 Å². The molecule has 1 aromatic carbocycles. The highest BCUT2D eigenvalue weighted by molar-refractivity contribution is 7.89. The average molecular weight is 339 g/mol. The highest BCUT2D eigenvalue weighted by atomic mass is 35.5. The molecule has 1 aromatic rings. The van der Waals surface area contributed by atoms with Gasteiger partial charge < -0.3 is 5.32 Å². The molecule has 0 saturated carbocycles. The largest absolute Gasteiger partial charge is 0.319 e. The summed E-state index contributed by atoms with van der Waals surface area (Å²) in [6, 6.07) is 6.37. The quantitative estimate of drug-likeness (QED) is 0.916. The molecular formula is C13H20Cl2N2O2S. The second kappa shape index (κ2) is 7.61. The van der Waals surface area contributed by atoms with E-state index in [-0.39, 0.29) is 12.4 Å². The van der Waals surface area contributed by atoms with Gasteiger partial charge in [-0.05, 0) is 56.6 Å². The van der Waals surface area contributed by atoms with Crippen LogP contribution in [0.5, 0.6) is 0 Å².